The molecule has 2 aromatic carbocycles. The Morgan fingerprint density at radius 1 is 1.00 bits per heavy atom. The van der Waals surface area contributed by atoms with Gasteiger partial charge < -0.3 is 10.1 Å². The number of halogens is 1. The lowest BCUT2D eigenvalue weighted by molar-refractivity contribution is -0.111. The molecule has 1 aromatic heterocycles. The minimum absolute atomic E-state index is 0.284. The first-order valence-electron chi connectivity index (χ1n) is 8.33. The maximum atomic E-state index is 12.9. The predicted octanol–water partition coefficient (Wildman–Crippen LogP) is 4.68. The predicted molar refractivity (Wildman–Crippen MR) is 102 cm³/mol. The van der Waals surface area contributed by atoms with Crippen LogP contribution in [0.25, 0.3) is 6.08 Å². The van der Waals surface area contributed by atoms with E-state index in [4.69, 9.17) is 4.74 Å². The molecule has 27 heavy (non-hydrogen) atoms. The fourth-order valence-electron chi connectivity index (χ4n) is 2.38. The van der Waals surface area contributed by atoms with Gasteiger partial charge in [-0.15, -0.1) is 0 Å². The summed E-state index contributed by atoms with van der Waals surface area (Å²) < 4.78 is 18.5. The number of hydrogen-bond acceptors (Lipinski definition) is 4. The Hall–Kier alpha value is -3.54. The second kappa shape index (κ2) is 8.23. The van der Waals surface area contributed by atoms with Gasteiger partial charge in [-0.3, -0.25) is 4.79 Å². The van der Waals surface area contributed by atoms with Gasteiger partial charge in [0.25, 0.3) is 0 Å². The first-order valence-corrected chi connectivity index (χ1v) is 8.33. The van der Waals surface area contributed by atoms with Gasteiger partial charge in [0, 0.05) is 23.2 Å². The van der Waals surface area contributed by atoms with Gasteiger partial charge in [0.2, 0.25) is 5.91 Å². The van der Waals surface area contributed by atoms with E-state index >= 15 is 0 Å². The van der Waals surface area contributed by atoms with Crippen LogP contribution in [0.3, 0.4) is 0 Å². The van der Waals surface area contributed by atoms with E-state index in [1.807, 2.05) is 19.9 Å². The lowest BCUT2D eigenvalue weighted by Gasteiger charge is -2.07. The molecule has 0 spiro atoms. The number of anilines is 1. The molecule has 0 aliphatic rings. The summed E-state index contributed by atoms with van der Waals surface area (Å²) in [7, 11) is 0. The zero-order chi connectivity index (χ0) is 19.2. The van der Waals surface area contributed by atoms with Gasteiger partial charge in [-0.05, 0) is 68.0 Å². The summed E-state index contributed by atoms with van der Waals surface area (Å²) in [5.74, 6) is -0.0318. The van der Waals surface area contributed by atoms with E-state index < -0.39 is 0 Å². The molecule has 0 aliphatic heterocycles. The number of amides is 1. The van der Waals surface area contributed by atoms with Crippen molar-refractivity contribution in [1.29, 1.82) is 0 Å². The van der Waals surface area contributed by atoms with Crippen LogP contribution < -0.4 is 10.1 Å². The Morgan fingerprint density at radius 2 is 1.63 bits per heavy atom. The molecule has 0 radical (unpaired) electrons. The van der Waals surface area contributed by atoms with E-state index in [2.05, 4.69) is 15.3 Å². The van der Waals surface area contributed by atoms with E-state index in [1.54, 1.807) is 42.5 Å². The first-order chi connectivity index (χ1) is 13.0. The maximum Gasteiger partial charge on any atom is 0.322 e. The van der Waals surface area contributed by atoms with Crippen molar-refractivity contribution in [3.8, 4) is 11.8 Å². The monoisotopic (exact) mass is 363 g/mol. The Kier molecular flexibility index (Phi) is 5.56. The van der Waals surface area contributed by atoms with Crippen molar-refractivity contribution in [2.24, 2.45) is 0 Å². The standard InChI is InChI=1S/C21H18FN3O2/c1-14-13-15(2)24-21(23-14)27-19-10-8-18(9-11-19)25-20(26)12-5-16-3-6-17(22)7-4-16/h3-13H,1-2H3,(H,25,26)/b12-5+. The highest BCUT2D eigenvalue weighted by Crippen LogP contribution is 2.21. The summed E-state index contributed by atoms with van der Waals surface area (Å²) in [6.07, 6.45) is 3.00. The molecule has 0 saturated carbocycles. The number of carbonyl (C=O) groups is 1. The maximum absolute atomic E-state index is 12.9. The summed E-state index contributed by atoms with van der Waals surface area (Å²) in [5.41, 5.74) is 3.02. The van der Waals surface area contributed by atoms with E-state index in [0.717, 1.165) is 17.0 Å². The minimum atomic E-state index is -0.315. The van der Waals surface area contributed by atoms with Crippen molar-refractivity contribution in [1.82, 2.24) is 9.97 Å². The zero-order valence-electron chi connectivity index (χ0n) is 14.9. The molecule has 3 rings (SSSR count). The number of benzene rings is 2. The lowest BCUT2D eigenvalue weighted by Crippen LogP contribution is -2.07. The number of rotatable bonds is 5. The molecule has 0 aliphatic carbocycles. The van der Waals surface area contributed by atoms with Crippen molar-refractivity contribution in [2.75, 3.05) is 5.32 Å². The third-order valence-corrected chi connectivity index (χ3v) is 3.59. The fourth-order valence-corrected chi connectivity index (χ4v) is 2.38. The Bertz CT molecular complexity index is 947. The van der Waals surface area contributed by atoms with Crippen molar-refractivity contribution in [2.45, 2.75) is 13.8 Å². The van der Waals surface area contributed by atoms with Crippen LogP contribution in [0.2, 0.25) is 0 Å². The van der Waals surface area contributed by atoms with Gasteiger partial charge in [-0.25, -0.2) is 14.4 Å². The van der Waals surface area contributed by atoms with Gasteiger partial charge >= 0.3 is 6.01 Å². The molecule has 3 aromatic rings. The number of nitrogens with one attached hydrogen (secondary N) is 1. The normalized spacial score (nSPS) is 10.8. The van der Waals surface area contributed by atoms with E-state index in [1.165, 1.54) is 18.2 Å². The quantitative estimate of drug-likeness (QED) is 0.669. The van der Waals surface area contributed by atoms with Gasteiger partial charge in [-0.2, -0.15) is 0 Å². The third kappa shape index (κ3) is 5.47. The molecular weight excluding hydrogens is 345 g/mol. The SMILES string of the molecule is Cc1cc(C)nc(Oc2ccc(NC(=O)/C=C/c3ccc(F)cc3)cc2)n1. The molecule has 0 fully saturated rings. The summed E-state index contributed by atoms with van der Waals surface area (Å²) in [6, 6.07) is 14.9. The van der Waals surface area contributed by atoms with E-state index in [9.17, 15) is 9.18 Å². The van der Waals surface area contributed by atoms with Crippen LogP contribution in [-0.4, -0.2) is 15.9 Å². The van der Waals surface area contributed by atoms with Crippen LogP contribution in [-0.2, 0) is 4.79 Å². The third-order valence-electron chi connectivity index (χ3n) is 3.59. The Labute approximate surface area is 156 Å². The molecule has 6 heteroatoms. The second-order valence-corrected chi connectivity index (χ2v) is 5.93. The molecule has 0 atom stereocenters. The van der Waals surface area contributed by atoms with E-state index in [-0.39, 0.29) is 17.7 Å². The van der Waals surface area contributed by atoms with Crippen LogP contribution in [0, 0.1) is 19.7 Å². The van der Waals surface area contributed by atoms with Gasteiger partial charge in [0.15, 0.2) is 0 Å². The van der Waals surface area contributed by atoms with Crippen LogP contribution in [0.4, 0.5) is 10.1 Å². The number of carbonyl (C=O) groups excluding carboxylic acids is 1. The highest BCUT2D eigenvalue weighted by molar-refractivity contribution is 6.01. The Morgan fingerprint density at radius 3 is 2.26 bits per heavy atom. The van der Waals surface area contributed by atoms with E-state index in [0.29, 0.717) is 11.4 Å². The highest BCUT2D eigenvalue weighted by atomic mass is 19.1. The average molecular weight is 363 g/mol. The topological polar surface area (TPSA) is 64.1 Å². The fraction of sp³-hybridized carbons (Fsp3) is 0.0952. The zero-order valence-corrected chi connectivity index (χ0v) is 14.9. The van der Waals surface area contributed by atoms with Crippen molar-refractivity contribution >= 4 is 17.7 Å². The van der Waals surface area contributed by atoms with Gasteiger partial charge in [0.1, 0.15) is 11.6 Å². The number of hydrogen-bond donors (Lipinski definition) is 1. The molecule has 0 saturated heterocycles. The number of aromatic nitrogens is 2. The van der Waals surface area contributed by atoms with Crippen molar-refractivity contribution in [3.05, 3.63) is 83.4 Å². The summed E-state index contributed by atoms with van der Waals surface area (Å²) in [5, 5.41) is 2.75. The van der Waals surface area contributed by atoms with Crippen LogP contribution in [0.5, 0.6) is 11.8 Å². The van der Waals surface area contributed by atoms with Crippen LogP contribution >= 0.6 is 0 Å². The molecule has 136 valence electrons. The molecule has 1 N–H and O–H groups in total. The second-order valence-electron chi connectivity index (χ2n) is 5.93. The Balaban J connectivity index is 1.59. The molecule has 5 nitrogen and oxygen atoms in total. The molecule has 1 heterocycles. The summed E-state index contributed by atoms with van der Waals surface area (Å²) >= 11 is 0. The van der Waals surface area contributed by atoms with Gasteiger partial charge in [0.05, 0.1) is 0 Å². The summed E-state index contributed by atoms with van der Waals surface area (Å²) in [6.45, 7) is 3.75. The minimum Gasteiger partial charge on any atom is -0.424 e. The first kappa shape index (κ1) is 18.3. The van der Waals surface area contributed by atoms with Crippen molar-refractivity contribution < 1.29 is 13.9 Å². The number of nitrogens with zero attached hydrogens (tertiary/aromatic N) is 2. The largest absolute Gasteiger partial charge is 0.424 e. The molecular formula is C21H18FN3O2. The van der Waals surface area contributed by atoms with Crippen LogP contribution in [0.1, 0.15) is 17.0 Å². The summed E-state index contributed by atoms with van der Waals surface area (Å²) in [4.78, 5) is 20.4. The smallest absolute Gasteiger partial charge is 0.322 e. The molecule has 0 bridgehead atoms. The van der Waals surface area contributed by atoms with Crippen molar-refractivity contribution in [3.63, 3.8) is 0 Å². The average Bonchev–Trinajstić information content (AvgIpc) is 2.62. The molecule has 0 unspecified atom stereocenters. The van der Waals surface area contributed by atoms with Gasteiger partial charge in [-0.1, -0.05) is 12.1 Å². The lowest BCUT2D eigenvalue weighted by atomic mass is 10.2. The highest BCUT2D eigenvalue weighted by Gasteiger charge is 2.04. The number of ether oxygens (including phenoxy) is 1. The number of aryl methyl sites for hydroxylation is 2. The molecule has 1 amide bonds. The van der Waals surface area contributed by atoms with Crippen LogP contribution in [0.15, 0.2) is 60.7 Å².